The number of aromatic amines is 1. The first kappa shape index (κ1) is 18.2. The van der Waals surface area contributed by atoms with Gasteiger partial charge >= 0.3 is 0 Å². The zero-order valence-corrected chi connectivity index (χ0v) is 15.7. The zero-order valence-electron chi connectivity index (χ0n) is 15.7. The summed E-state index contributed by atoms with van der Waals surface area (Å²) in [5.74, 6) is 2.12. The summed E-state index contributed by atoms with van der Waals surface area (Å²) >= 11 is 0. The molecule has 2 aromatic heterocycles. The number of aryl methyl sites for hydroxylation is 1. The van der Waals surface area contributed by atoms with Crippen molar-refractivity contribution in [1.82, 2.24) is 19.8 Å². The monoisotopic (exact) mass is 378 g/mol. The minimum Gasteiger partial charge on any atom is -0.462 e. The molecular formula is C21H22N4O3. The Labute approximate surface area is 162 Å². The average Bonchev–Trinajstić information content (AvgIpc) is 3.12. The van der Waals surface area contributed by atoms with Gasteiger partial charge in [0, 0.05) is 32.3 Å². The second-order valence-corrected chi connectivity index (χ2v) is 6.91. The molecule has 7 nitrogen and oxygen atoms in total. The lowest BCUT2D eigenvalue weighted by atomic mass is 10.2. The quantitative estimate of drug-likeness (QED) is 0.704. The Morgan fingerprint density at radius 3 is 2.71 bits per heavy atom. The van der Waals surface area contributed by atoms with E-state index in [1.807, 2.05) is 42.2 Å². The fourth-order valence-corrected chi connectivity index (χ4v) is 3.35. The molecule has 0 unspecified atom stereocenters. The van der Waals surface area contributed by atoms with Crippen molar-refractivity contribution in [3.8, 4) is 0 Å². The molecule has 0 saturated carbocycles. The van der Waals surface area contributed by atoms with E-state index < -0.39 is 0 Å². The van der Waals surface area contributed by atoms with E-state index in [0.29, 0.717) is 42.1 Å². The molecule has 28 heavy (non-hydrogen) atoms. The van der Waals surface area contributed by atoms with Crippen LogP contribution in [0.25, 0.3) is 17.0 Å². The molecule has 3 aromatic rings. The summed E-state index contributed by atoms with van der Waals surface area (Å²) in [4.78, 5) is 36.0. The van der Waals surface area contributed by atoms with Gasteiger partial charge in [-0.05, 0) is 37.3 Å². The third kappa shape index (κ3) is 4.04. The van der Waals surface area contributed by atoms with Gasteiger partial charge in [-0.3, -0.25) is 14.5 Å². The molecule has 4 rings (SSSR count). The number of carbonyl (C=O) groups is 1. The minimum atomic E-state index is -0.118. The van der Waals surface area contributed by atoms with Crippen LogP contribution in [0.15, 0.2) is 51.7 Å². The lowest BCUT2D eigenvalue weighted by Gasteiger charge is -2.33. The van der Waals surface area contributed by atoms with Crippen molar-refractivity contribution in [2.75, 3.05) is 26.2 Å². The standard InChI is InChI=1S/C21H22N4O3/c1-15-6-7-16(28-15)8-9-20(26)25-12-10-24(11-13-25)14-19-22-18-5-3-2-4-17(18)21(27)23-19/h2-9H,10-14H2,1H3,(H,22,23,27)/b9-8+. The number of aromatic nitrogens is 2. The maximum Gasteiger partial charge on any atom is 0.258 e. The number of nitrogens with zero attached hydrogens (tertiary/aromatic N) is 3. The number of piperazine rings is 1. The Morgan fingerprint density at radius 2 is 1.96 bits per heavy atom. The summed E-state index contributed by atoms with van der Waals surface area (Å²) in [5.41, 5.74) is 0.584. The van der Waals surface area contributed by atoms with Gasteiger partial charge < -0.3 is 14.3 Å². The number of carbonyl (C=O) groups excluding carboxylic acids is 1. The van der Waals surface area contributed by atoms with Gasteiger partial charge in [-0.25, -0.2) is 4.98 Å². The molecule has 7 heteroatoms. The molecule has 0 radical (unpaired) electrons. The molecule has 1 N–H and O–H groups in total. The van der Waals surface area contributed by atoms with E-state index >= 15 is 0 Å². The highest BCUT2D eigenvalue weighted by Crippen LogP contribution is 2.11. The van der Waals surface area contributed by atoms with E-state index in [1.54, 1.807) is 18.2 Å². The highest BCUT2D eigenvalue weighted by atomic mass is 16.3. The molecule has 0 atom stereocenters. The van der Waals surface area contributed by atoms with Gasteiger partial charge in [-0.1, -0.05) is 12.1 Å². The van der Waals surface area contributed by atoms with Gasteiger partial charge in [0.25, 0.3) is 5.56 Å². The second kappa shape index (κ2) is 7.82. The highest BCUT2D eigenvalue weighted by molar-refractivity contribution is 5.91. The fraction of sp³-hybridized carbons (Fsp3) is 0.286. The lowest BCUT2D eigenvalue weighted by Crippen LogP contribution is -2.48. The summed E-state index contributed by atoms with van der Waals surface area (Å²) < 4.78 is 5.44. The molecule has 1 aliphatic rings. The van der Waals surface area contributed by atoms with Gasteiger partial charge in [0.1, 0.15) is 17.3 Å². The van der Waals surface area contributed by atoms with Crippen molar-refractivity contribution in [2.24, 2.45) is 0 Å². The Morgan fingerprint density at radius 1 is 1.18 bits per heavy atom. The zero-order chi connectivity index (χ0) is 19.5. The summed E-state index contributed by atoms with van der Waals surface area (Å²) in [6.45, 7) is 5.17. The first-order valence-electron chi connectivity index (χ1n) is 9.32. The van der Waals surface area contributed by atoms with E-state index in [0.717, 1.165) is 18.8 Å². The molecule has 1 fully saturated rings. The maximum atomic E-state index is 12.4. The van der Waals surface area contributed by atoms with E-state index in [4.69, 9.17) is 4.42 Å². The number of hydrogen-bond donors (Lipinski definition) is 1. The van der Waals surface area contributed by atoms with E-state index in [-0.39, 0.29) is 11.5 Å². The second-order valence-electron chi connectivity index (χ2n) is 6.91. The van der Waals surface area contributed by atoms with Crippen LogP contribution in [0.5, 0.6) is 0 Å². The van der Waals surface area contributed by atoms with E-state index in [2.05, 4.69) is 14.9 Å². The maximum absolute atomic E-state index is 12.4. The van der Waals surface area contributed by atoms with Crippen molar-refractivity contribution in [3.05, 3.63) is 70.2 Å². The Hall–Kier alpha value is -3.19. The molecule has 1 aliphatic heterocycles. The topological polar surface area (TPSA) is 82.4 Å². The molecule has 1 amide bonds. The number of fused-ring (bicyclic) bond motifs is 1. The Kier molecular flexibility index (Phi) is 5.08. The van der Waals surface area contributed by atoms with Crippen molar-refractivity contribution < 1.29 is 9.21 Å². The van der Waals surface area contributed by atoms with Crippen LogP contribution >= 0.6 is 0 Å². The molecule has 1 saturated heterocycles. The van der Waals surface area contributed by atoms with Crippen LogP contribution in [0.4, 0.5) is 0 Å². The predicted molar refractivity (Wildman–Crippen MR) is 107 cm³/mol. The number of benzene rings is 1. The molecular weight excluding hydrogens is 356 g/mol. The average molecular weight is 378 g/mol. The number of nitrogens with one attached hydrogen (secondary N) is 1. The predicted octanol–water partition coefficient (Wildman–Crippen LogP) is 2.18. The van der Waals surface area contributed by atoms with Crippen molar-refractivity contribution in [3.63, 3.8) is 0 Å². The summed E-state index contributed by atoms with van der Waals surface area (Å²) in [6.07, 6.45) is 3.25. The van der Waals surface area contributed by atoms with Crippen molar-refractivity contribution in [2.45, 2.75) is 13.5 Å². The number of hydrogen-bond acceptors (Lipinski definition) is 5. The van der Waals surface area contributed by atoms with Crippen LogP contribution in [-0.2, 0) is 11.3 Å². The minimum absolute atomic E-state index is 0.0223. The largest absolute Gasteiger partial charge is 0.462 e. The van der Waals surface area contributed by atoms with Gasteiger partial charge in [0.15, 0.2) is 0 Å². The molecule has 3 heterocycles. The normalized spacial score (nSPS) is 15.5. The number of H-pyrrole nitrogens is 1. The van der Waals surface area contributed by atoms with Crippen molar-refractivity contribution in [1.29, 1.82) is 0 Å². The SMILES string of the molecule is Cc1ccc(/C=C/C(=O)N2CCN(Cc3nc4ccccc4c(=O)[nH]3)CC2)o1. The summed E-state index contributed by atoms with van der Waals surface area (Å²) in [6, 6.07) is 11.0. The summed E-state index contributed by atoms with van der Waals surface area (Å²) in [5, 5.41) is 0.597. The third-order valence-corrected chi connectivity index (χ3v) is 4.87. The van der Waals surface area contributed by atoms with Gasteiger partial charge in [0.2, 0.25) is 5.91 Å². The van der Waals surface area contributed by atoms with E-state index in [9.17, 15) is 9.59 Å². The van der Waals surface area contributed by atoms with Crippen LogP contribution < -0.4 is 5.56 Å². The fourth-order valence-electron chi connectivity index (χ4n) is 3.35. The molecule has 0 aliphatic carbocycles. The van der Waals surface area contributed by atoms with Crippen LogP contribution in [0, 0.1) is 6.92 Å². The first-order valence-corrected chi connectivity index (χ1v) is 9.32. The molecule has 1 aromatic carbocycles. The Bertz CT molecular complexity index is 1070. The van der Waals surface area contributed by atoms with Crippen LogP contribution in [0.1, 0.15) is 17.3 Å². The number of para-hydroxylation sites is 1. The molecule has 0 spiro atoms. The smallest absolute Gasteiger partial charge is 0.258 e. The lowest BCUT2D eigenvalue weighted by molar-refractivity contribution is -0.127. The number of amides is 1. The molecule has 0 bridgehead atoms. The van der Waals surface area contributed by atoms with Crippen LogP contribution in [-0.4, -0.2) is 51.9 Å². The first-order chi connectivity index (χ1) is 13.6. The third-order valence-electron chi connectivity index (χ3n) is 4.87. The van der Waals surface area contributed by atoms with Crippen LogP contribution in [0.2, 0.25) is 0 Å². The Balaban J connectivity index is 1.35. The van der Waals surface area contributed by atoms with Crippen molar-refractivity contribution >= 4 is 22.9 Å². The van der Waals surface area contributed by atoms with Gasteiger partial charge in [-0.2, -0.15) is 0 Å². The van der Waals surface area contributed by atoms with Gasteiger partial charge in [0.05, 0.1) is 17.4 Å². The number of rotatable bonds is 4. The number of furan rings is 1. The van der Waals surface area contributed by atoms with Gasteiger partial charge in [-0.15, -0.1) is 0 Å². The summed E-state index contributed by atoms with van der Waals surface area (Å²) in [7, 11) is 0. The highest BCUT2D eigenvalue weighted by Gasteiger charge is 2.20. The van der Waals surface area contributed by atoms with E-state index in [1.165, 1.54) is 0 Å². The molecule has 144 valence electrons. The van der Waals surface area contributed by atoms with Crippen LogP contribution in [0.3, 0.4) is 0 Å².